The van der Waals surface area contributed by atoms with Gasteiger partial charge in [-0.3, -0.25) is 0 Å². The highest BCUT2D eigenvalue weighted by atomic mass is 28.4. The van der Waals surface area contributed by atoms with Crippen LogP contribution < -0.4 is 0 Å². The predicted molar refractivity (Wildman–Crippen MR) is 149 cm³/mol. The standard InChI is InChI=1S/C31H54O4Si/c1-9-30-18-17-26(32)24(28(30)25(21-22(2)3)31(30)33-19-20-34-31)15-16-27(23-13-11-10-12-14-23)35-36(7,8)29(4,5)6/h22-28,32H,9-14,17-21H2,1-8H3/t24-,25?,26+,27-,28-,30-/m1/s1. The number of aliphatic hydroxyl groups excluding tert-OH is 1. The summed E-state index contributed by atoms with van der Waals surface area (Å²) in [7, 11) is -1.96. The molecule has 1 heterocycles. The quantitative estimate of drug-likeness (QED) is 0.299. The maximum atomic E-state index is 11.4. The van der Waals surface area contributed by atoms with Gasteiger partial charge in [0.15, 0.2) is 14.1 Å². The molecular weight excluding hydrogens is 464 g/mol. The zero-order chi connectivity index (χ0) is 26.4. The lowest BCUT2D eigenvalue weighted by Gasteiger charge is -2.70. The second kappa shape index (κ2) is 10.6. The molecule has 3 saturated carbocycles. The molecule has 0 radical (unpaired) electrons. The molecule has 0 aromatic rings. The molecule has 4 nitrogen and oxygen atoms in total. The van der Waals surface area contributed by atoms with Gasteiger partial charge in [-0.05, 0) is 74.4 Å². The van der Waals surface area contributed by atoms with Crippen LogP contribution in [0.25, 0.3) is 0 Å². The van der Waals surface area contributed by atoms with E-state index in [4.69, 9.17) is 13.9 Å². The van der Waals surface area contributed by atoms with Gasteiger partial charge in [0.1, 0.15) is 6.10 Å². The van der Waals surface area contributed by atoms with Crippen LogP contribution >= 0.6 is 0 Å². The summed E-state index contributed by atoms with van der Waals surface area (Å²) in [6, 6.07) is 0. The maximum absolute atomic E-state index is 11.4. The van der Waals surface area contributed by atoms with Gasteiger partial charge in [0, 0.05) is 11.3 Å². The molecule has 0 bridgehead atoms. The first-order chi connectivity index (χ1) is 16.9. The molecule has 1 N–H and O–H groups in total. The Kier molecular flexibility index (Phi) is 8.46. The second-order valence-electron chi connectivity index (χ2n) is 14.3. The molecule has 1 unspecified atom stereocenters. The Morgan fingerprint density at radius 2 is 1.69 bits per heavy atom. The number of rotatable bonds is 6. The Bertz CT molecular complexity index is 809. The SMILES string of the molecule is CC[C@@]12CC[C@H](O)[C@@H](C#C[C@@H](O[Si](C)(C)C(C)(C)C)C3CCCCC3)[C@@H]1C(CC(C)C)C21OCCO1. The summed E-state index contributed by atoms with van der Waals surface area (Å²) < 4.78 is 20.0. The van der Waals surface area contributed by atoms with Crippen LogP contribution in [0.1, 0.15) is 99.3 Å². The number of ether oxygens (including phenoxy) is 2. The van der Waals surface area contributed by atoms with Crippen LogP contribution in [0, 0.1) is 46.8 Å². The highest BCUT2D eigenvalue weighted by molar-refractivity contribution is 6.74. The molecule has 36 heavy (non-hydrogen) atoms. The largest absolute Gasteiger partial charge is 0.403 e. The van der Waals surface area contributed by atoms with E-state index in [-0.39, 0.29) is 28.6 Å². The molecule has 4 rings (SSSR count). The Hall–Kier alpha value is -0.383. The van der Waals surface area contributed by atoms with E-state index in [1.165, 1.54) is 32.1 Å². The number of aliphatic hydroxyl groups is 1. The Balaban J connectivity index is 1.67. The van der Waals surface area contributed by atoms with E-state index in [9.17, 15) is 5.11 Å². The molecule has 1 saturated heterocycles. The van der Waals surface area contributed by atoms with E-state index < -0.39 is 14.1 Å². The lowest BCUT2D eigenvalue weighted by molar-refractivity contribution is -0.393. The van der Waals surface area contributed by atoms with E-state index in [1.807, 2.05) is 0 Å². The highest BCUT2D eigenvalue weighted by Gasteiger charge is 2.76. The molecule has 0 aromatic heterocycles. The maximum Gasteiger partial charge on any atom is 0.193 e. The van der Waals surface area contributed by atoms with Gasteiger partial charge in [0.25, 0.3) is 0 Å². The minimum Gasteiger partial charge on any atom is -0.403 e. The van der Waals surface area contributed by atoms with E-state index >= 15 is 0 Å². The topological polar surface area (TPSA) is 47.9 Å². The van der Waals surface area contributed by atoms with Crippen molar-refractivity contribution in [3.8, 4) is 11.8 Å². The molecule has 3 aliphatic carbocycles. The Morgan fingerprint density at radius 3 is 2.25 bits per heavy atom. The van der Waals surface area contributed by atoms with Crippen molar-refractivity contribution < 1.29 is 19.0 Å². The molecule has 0 amide bonds. The van der Waals surface area contributed by atoms with Gasteiger partial charge >= 0.3 is 0 Å². The zero-order valence-electron chi connectivity index (χ0n) is 24.5. The fraction of sp³-hybridized carbons (Fsp3) is 0.935. The normalized spacial score (nSPS) is 35.7. The predicted octanol–water partition coefficient (Wildman–Crippen LogP) is 7.16. The van der Waals surface area contributed by atoms with Crippen molar-refractivity contribution in [3.05, 3.63) is 0 Å². The van der Waals surface area contributed by atoms with Crippen molar-refractivity contribution >= 4 is 8.32 Å². The van der Waals surface area contributed by atoms with E-state index in [0.29, 0.717) is 36.9 Å². The Morgan fingerprint density at radius 1 is 1.06 bits per heavy atom. The first kappa shape index (κ1) is 28.6. The van der Waals surface area contributed by atoms with E-state index in [2.05, 4.69) is 66.5 Å². The van der Waals surface area contributed by atoms with Crippen LogP contribution in [0.4, 0.5) is 0 Å². The molecule has 4 fully saturated rings. The molecule has 5 heteroatoms. The average Bonchev–Trinajstić information content (AvgIpc) is 3.33. The minimum absolute atomic E-state index is 0.0205. The van der Waals surface area contributed by atoms with Crippen LogP contribution in [0.3, 0.4) is 0 Å². The third-order valence-electron chi connectivity index (χ3n) is 10.7. The van der Waals surface area contributed by atoms with Gasteiger partial charge < -0.3 is 19.0 Å². The summed E-state index contributed by atoms with van der Waals surface area (Å²) >= 11 is 0. The van der Waals surface area contributed by atoms with Crippen LogP contribution in [-0.4, -0.2) is 44.6 Å². The van der Waals surface area contributed by atoms with Crippen molar-refractivity contribution in [3.63, 3.8) is 0 Å². The van der Waals surface area contributed by atoms with E-state index in [1.54, 1.807) is 0 Å². The smallest absolute Gasteiger partial charge is 0.193 e. The zero-order valence-corrected chi connectivity index (χ0v) is 25.5. The minimum atomic E-state index is -1.96. The van der Waals surface area contributed by atoms with Gasteiger partial charge in [-0.15, -0.1) is 0 Å². The summed E-state index contributed by atoms with van der Waals surface area (Å²) in [4.78, 5) is 0. The first-order valence-electron chi connectivity index (χ1n) is 15.0. The molecule has 206 valence electrons. The summed E-state index contributed by atoms with van der Waals surface area (Å²) in [6.45, 7) is 19.9. The van der Waals surface area contributed by atoms with Gasteiger partial charge in [-0.2, -0.15) is 0 Å². The molecule has 1 aliphatic heterocycles. The second-order valence-corrected chi connectivity index (χ2v) is 19.0. The summed E-state index contributed by atoms with van der Waals surface area (Å²) in [5, 5.41) is 11.5. The van der Waals surface area contributed by atoms with Gasteiger partial charge in [-0.25, -0.2) is 0 Å². The molecule has 6 atom stereocenters. The van der Waals surface area contributed by atoms with Gasteiger partial charge in [0.05, 0.1) is 25.2 Å². The van der Waals surface area contributed by atoms with Crippen molar-refractivity contribution in [2.24, 2.45) is 35.0 Å². The third-order valence-corrected chi connectivity index (χ3v) is 15.2. The molecule has 1 spiro atoms. The van der Waals surface area contributed by atoms with Crippen LogP contribution in [0.2, 0.25) is 18.1 Å². The third kappa shape index (κ3) is 4.88. The lowest BCUT2D eigenvalue weighted by Crippen LogP contribution is -2.75. The van der Waals surface area contributed by atoms with Crippen LogP contribution in [0.5, 0.6) is 0 Å². The van der Waals surface area contributed by atoms with Crippen molar-refractivity contribution in [2.75, 3.05) is 13.2 Å². The summed E-state index contributed by atoms with van der Waals surface area (Å²) in [6.07, 6.45) is 9.75. The molecule has 0 aromatic carbocycles. The lowest BCUT2D eigenvalue weighted by atomic mass is 9.39. The van der Waals surface area contributed by atoms with Crippen molar-refractivity contribution in [2.45, 2.75) is 135 Å². The average molecular weight is 519 g/mol. The monoisotopic (exact) mass is 518 g/mol. The number of hydrogen-bond donors (Lipinski definition) is 1. The number of hydrogen-bond acceptors (Lipinski definition) is 4. The van der Waals surface area contributed by atoms with Crippen molar-refractivity contribution in [1.82, 2.24) is 0 Å². The number of fused-ring (bicyclic) bond motifs is 2. The van der Waals surface area contributed by atoms with Crippen LogP contribution in [0.15, 0.2) is 0 Å². The van der Waals surface area contributed by atoms with Crippen LogP contribution in [-0.2, 0) is 13.9 Å². The highest BCUT2D eigenvalue weighted by Crippen LogP contribution is 2.72. The van der Waals surface area contributed by atoms with Gasteiger partial charge in [0.2, 0.25) is 0 Å². The van der Waals surface area contributed by atoms with Gasteiger partial charge in [-0.1, -0.05) is 72.6 Å². The van der Waals surface area contributed by atoms with Crippen molar-refractivity contribution in [1.29, 1.82) is 0 Å². The molecular formula is C31H54O4Si. The summed E-state index contributed by atoms with van der Waals surface area (Å²) in [5.41, 5.74) is -0.0394. The fourth-order valence-corrected chi connectivity index (χ4v) is 9.06. The fourth-order valence-electron chi connectivity index (χ4n) is 7.82. The first-order valence-corrected chi connectivity index (χ1v) is 17.9. The Labute approximate surface area is 222 Å². The molecule has 4 aliphatic rings. The summed E-state index contributed by atoms with van der Waals surface area (Å²) in [5.74, 6) is 8.62. The van der Waals surface area contributed by atoms with E-state index in [0.717, 1.165) is 25.7 Å².